The van der Waals surface area contributed by atoms with Gasteiger partial charge in [0.25, 0.3) is 0 Å². The number of hydrogen-bond acceptors (Lipinski definition) is 9. The van der Waals surface area contributed by atoms with E-state index < -0.39 is 49.4 Å². The molecule has 1 aliphatic heterocycles. The molecule has 9 nitrogen and oxygen atoms in total. The summed E-state index contributed by atoms with van der Waals surface area (Å²) in [6.45, 7) is 4.33. The van der Waals surface area contributed by atoms with Crippen LogP contribution in [-0.4, -0.2) is 89.6 Å². The minimum Gasteiger partial charge on any atom is -0.457 e. The van der Waals surface area contributed by atoms with Gasteiger partial charge in [-0.1, -0.05) is 157 Å². The number of ether oxygens (including phenoxy) is 4. The van der Waals surface area contributed by atoms with Crippen LogP contribution < -0.4 is 0 Å². The van der Waals surface area contributed by atoms with Crippen LogP contribution >= 0.6 is 0 Å². The number of rotatable bonds is 34. The third-order valence-electron chi connectivity index (χ3n) is 9.15. The van der Waals surface area contributed by atoms with Crippen molar-refractivity contribution in [2.75, 3.05) is 26.4 Å². The van der Waals surface area contributed by atoms with E-state index in [9.17, 15) is 25.2 Å². The van der Waals surface area contributed by atoms with Gasteiger partial charge in [0.15, 0.2) is 6.29 Å². The number of unbranched alkanes of at least 4 members (excludes halogenated alkanes) is 11. The smallest absolute Gasteiger partial charge is 0.306 e. The topological polar surface area (TPSA) is 135 Å². The molecule has 54 heavy (non-hydrogen) atoms. The largest absolute Gasteiger partial charge is 0.457 e. The van der Waals surface area contributed by atoms with E-state index in [1.54, 1.807) is 0 Å². The van der Waals surface area contributed by atoms with Crippen molar-refractivity contribution in [3.63, 3.8) is 0 Å². The van der Waals surface area contributed by atoms with Crippen molar-refractivity contribution in [1.82, 2.24) is 0 Å². The van der Waals surface area contributed by atoms with E-state index in [0.29, 0.717) is 13.0 Å². The number of aliphatic hydroxyl groups is 4. The van der Waals surface area contributed by atoms with Gasteiger partial charge in [-0.3, -0.25) is 4.79 Å². The molecule has 6 atom stereocenters. The van der Waals surface area contributed by atoms with E-state index in [1.807, 2.05) is 12.2 Å². The van der Waals surface area contributed by atoms with E-state index in [4.69, 9.17) is 18.9 Å². The fourth-order valence-electron chi connectivity index (χ4n) is 5.87. The van der Waals surface area contributed by atoms with Crippen LogP contribution in [-0.2, 0) is 23.7 Å². The average molecular weight is 761 g/mol. The Balaban J connectivity index is 2.36. The van der Waals surface area contributed by atoms with Crippen LogP contribution in [0.4, 0.5) is 0 Å². The normalized spacial score (nSPS) is 21.6. The first kappa shape index (κ1) is 49.6. The lowest BCUT2D eigenvalue weighted by Gasteiger charge is -2.39. The minimum atomic E-state index is -1.55. The second-order valence-electron chi connectivity index (χ2n) is 14.1. The van der Waals surface area contributed by atoms with Crippen LogP contribution in [0.3, 0.4) is 0 Å². The zero-order valence-corrected chi connectivity index (χ0v) is 33.7. The second-order valence-corrected chi connectivity index (χ2v) is 14.1. The molecule has 310 valence electrons. The maximum Gasteiger partial charge on any atom is 0.306 e. The Morgan fingerprint density at radius 2 is 1.09 bits per heavy atom. The number of aliphatic hydroxyl groups excluding tert-OH is 4. The first-order chi connectivity index (χ1) is 26.4. The molecule has 1 aliphatic rings. The predicted molar refractivity (Wildman–Crippen MR) is 219 cm³/mol. The molecule has 0 aliphatic carbocycles. The highest BCUT2D eigenvalue weighted by atomic mass is 16.7. The van der Waals surface area contributed by atoms with Gasteiger partial charge in [-0.15, -0.1) is 0 Å². The summed E-state index contributed by atoms with van der Waals surface area (Å²) in [5.41, 5.74) is 0. The quantitative estimate of drug-likeness (QED) is 0.0288. The Labute approximate surface area is 327 Å². The van der Waals surface area contributed by atoms with Gasteiger partial charge in [0.2, 0.25) is 0 Å². The number of carbonyl (C=O) groups is 1. The van der Waals surface area contributed by atoms with Crippen molar-refractivity contribution in [2.45, 2.75) is 179 Å². The Bertz CT molecular complexity index is 1050. The summed E-state index contributed by atoms with van der Waals surface area (Å²) in [5, 5.41) is 40.0. The molecule has 0 aromatic rings. The molecule has 1 heterocycles. The zero-order chi connectivity index (χ0) is 39.3. The second kappa shape index (κ2) is 36.3. The van der Waals surface area contributed by atoms with Gasteiger partial charge in [0, 0.05) is 13.0 Å². The first-order valence-corrected chi connectivity index (χ1v) is 21.0. The van der Waals surface area contributed by atoms with Crippen LogP contribution in [0.25, 0.3) is 0 Å². The number of hydrogen-bond donors (Lipinski definition) is 4. The van der Waals surface area contributed by atoms with E-state index in [1.165, 1.54) is 64.2 Å². The van der Waals surface area contributed by atoms with Crippen molar-refractivity contribution < 1.29 is 44.2 Å². The minimum absolute atomic E-state index is 0.112. The van der Waals surface area contributed by atoms with Crippen molar-refractivity contribution in [2.24, 2.45) is 0 Å². The van der Waals surface area contributed by atoms with E-state index in [2.05, 4.69) is 74.6 Å². The molecule has 1 rings (SSSR count). The fourth-order valence-corrected chi connectivity index (χ4v) is 5.87. The SMILES string of the molecule is CC/C=C\C/C=C\C/C=C\C/C=C\C/C=C\C/C=C\CCC(=O)OC(COCCCCCCCCCCCCCC)COC1OC(CO)C(O)C(O)C1O. The Hall–Kier alpha value is -2.37. The van der Waals surface area contributed by atoms with Gasteiger partial charge in [0.05, 0.1) is 19.8 Å². The van der Waals surface area contributed by atoms with Gasteiger partial charge in [-0.25, -0.2) is 0 Å². The zero-order valence-electron chi connectivity index (χ0n) is 33.7. The molecule has 1 saturated heterocycles. The Morgan fingerprint density at radius 3 is 1.59 bits per heavy atom. The summed E-state index contributed by atoms with van der Waals surface area (Å²) in [7, 11) is 0. The lowest BCUT2D eigenvalue weighted by Crippen LogP contribution is -2.59. The monoisotopic (exact) mass is 761 g/mol. The standard InChI is InChI=1S/C45H76O9/c1-3-5-7-9-11-13-15-17-18-19-20-21-22-23-24-26-28-30-32-34-41(47)53-39(38-52-45-44(50)43(49)42(48)40(36-46)54-45)37-51-35-33-31-29-27-25-16-14-12-10-8-6-4-2/h5,7,11,13,17-18,20-21,23-24,28,30,39-40,42-46,48-50H,3-4,6,8-10,12,14-16,19,22,25-27,29,31-38H2,1-2H3/b7-5-,13-11-,18-17-,21-20-,24-23-,30-28-. The van der Waals surface area contributed by atoms with Crippen LogP contribution in [0.2, 0.25) is 0 Å². The van der Waals surface area contributed by atoms with Crippen molar-refractivity contribution >= 4 is 5.97 Å². The lowest BCUT2D eigenvalue weighted by molar-refractivity contribution is -0.305. The molecule has 0 spiro atoms. The van der Waals surface area contributed by atoms with Gasteiger partial charge >= 0.3 is 5.97 Å². The van der Waals surface area contributed by atoms with E-state index in [0.717, 1.165) is 51.4 Å². The van der Waals surface area contributed by atoms with Crippen LogP contribution in [0.1, 0.15) is 142 Å². The lowest BCUT2D eigenvalue weighted by atomic mass is 9.99. The van der Waals surface area contributed by atoms with Gasteiger partial charge < -0.3 is 39.4 Å². The molecule has 0 bridgehead atoms. The summed E-state index contributed by atoms with van der Waals surface area (Å²) >= 11 is 0. The van der Waals surface area contributed by atoms with Gasteiger partial charge in [0.1, 0.15) is 30.5 Å². The highest BCUT2D eigenvalue weighted by Crippen LogP contribution is 2.22. The Morgan fingerprint density at radius 1 is 0.611 bits per heavy atom. The molecule has 0 aromatic heterocycles. The van der Waals surface area contributed by atoms with Gasteiger partial charge in [-0.2, -0.15) is 0 Å². The highest BCUT2D eigenvalue weighted by Gasteiger charge is 2.44. The summed E-state index contributed by atoms with van der Waals surface area (Å²) in [4.78, 5) is 12.7. The molecular weight excluding hydrogens is 684 g/mol. The van der Waals surface area contributed by atoms with Gasteiger partial charge in [-0.05, 0) is 51.4 Å². The first-order valence-electron chi connectivity index (χ1n) is 21.0. The molecule has 0 amide bonds. The number of esters is 1. The third-order valence-corrected chi connectivity index (χ3v) is 9.15. The fraction of sp³-hybridized carbons (Fsp3) is 0.711. The molecular formula is C45H76O9. The summed E-state index contributed by atoms with van der Waals surface area (Å²) in [6.07, 6.45) is 39.4. The van der Waals surface area contributed by atoms with Crippen LogP contribution in [0.15, 0.2) is 72.9 Å². The maximum atomic E-state index is 12.7. The molecule has 6 unspecified atom stereocenters. The molecule has 9 heteroatoms. The maximum absolute atomic E-state index is 12.7. The van der Waals surface area contributed by atoms with Crippen LogP contribution in [0.5, 0.6) is 0 Å². The molecule has 1 fully saturated rings. The van der Waals surface area contributed by atoms with E-state index in [-0.39, 0.29) is 19.6 Å². The van der Waals surface area contributed by atoms with Crippen molar-refractivity contribution in [1.29, 1.82) is 0 Å². The molecule has 4 N–H and O–H groups in total. The number of allylic oxidation sites excluding steroid dienone is 12. The molecule has 0 aromatic carbocycles. The molecule has 0 saturated carbocycles. The van der Waals surface area contributed by atoms with E-state index >= 15 is 0 Å². The Kier molecular flexibility index (Phi) is 33.4. The number of carbonyl (C=O) groups excluding carboxylic acids is 1. The average Bonchev–Trinajstić information content (AvgIpc) is 3.17. The summed E-state index contributed by atoms with van der Waals surface area (Å²) in [5.74, 6) is -0.397. The van der Waals surface area contributed by atoms with Crippen molar-refractivity contribution in [3.05, 3.63) is 72.9 Å². The van der Waals surface area contributed by atoms with Crippen molar-refractivity contribution in [3.8, 4) is 0 Å². The third kappa shape index (κ3) is 27.2. The predicted octanol–water partition coefficient (Wildman–Crippen LogP) is 8.91. The van der Waals surface area contributed by atoms with Crippen LogP contribution in [0, 0.1) is 0 Å². The molecule has 0 radical (unpaired) electrons. The summed E-state index contributed by atoms with van der Waals surface area (Å²) < 4.78 is 22.7. The highest BCUT2D eigenvalue weighted by molar-refractivity contribution is 5.69. The summed E-state index contributed by atoms with van der Waals surface area (Å²) in [6, 6.07) is 0.